The van der Waals surface area contributed by atoms with Gasteiger partial charge in [0.05, 0.1) is 5.69 Å². The van der Waals surface area contributed by atoms with Gasteiger partial charge in [-0.15, -0.1) is 0 Å². The normalized spacial score (nSPS) is 10.0. The lowest BCUT2D eigenvalue weighted by atomic mass is 10.4. The first kappa shape index (κ1) is 7.01. The van der Waals surface area contributed by atoms with Gasteiger partial charge < -0.3 is 0 Å². The van der Waals surface area contributed by atoms with Crippen molar-refractivity contribution in [2.24, 2.45) is 7.05 Å². The van der Waals surface area contributed by atoms with Gasteiger partial charge in [-0.1, -0.05) is 0 Å². The highest BCUT2D eigenvalue weighted by atomic mass is 127. The summed E-state index contributed by atoms with van der Waals surface area (Å²) in [5.74, 6) is 0. The van der Waals surface area contributed by atoms with Gasteiger partial charge in [-0.05, 0) is 6.07 Å². The Morgan fingerprint density at radius 2 is 2.67 bits per heavy atom. The maximum atomic E-state index is 4.01. The van der Waals surface area contributed by atoms with Crippen LogP contribution in [0.4, 0.5) is 0 Å². The van der Waals surface area contributed by atoms with Crippen molar-refractivity contribution in [3.05, 3.63) is 18.0 Å². The van der Waals surface area contributed by atoms with Crippen LogP contribution in [-0.2, 0) is 13.6 Å². The quantitative estimate of drug-likeness (QED) is 0.610. The van der Waals surface area contributed by atoms with Gasteiger partial charge in [-0.3, -0.25) is 8.21 Å². The zero-order valence-corrected chi connectivity index (χ0v) is 7.29. The van der Waals surface area contributed by atoms with Crippen molar-refractivity contribution in [2.45, 2.75) is 6.54 Å². The third-order valence-corrected chi connectivity index (χ3v) is 1.55. The number of rotatable bonds is 2. The number of nitrogens with one attached hydrogen (secondary N) is 1. The lowest BCUT2D eigenvalue weighted by Crippen LogP contribution is -2.04. The molecule has 4 heteroatoms. The summed E-state index contributed by atoms with van der Waals surface area (Å²) in [6, 6.07) is 1.99. The predicted molar refractivity (Wildman–Crippen MR) is 44.1 cm³/mol. The highest BCUT2D eigenvalue weighted by Gasteiger charge is 1.93. The van der Waals surface area contributed by atoms with Gasteiger partial charge in [0.15, 0.2) is 0 Å². The molecule has 1 aromatic rings. The molecule has 0 saturated carbocycles. The fourth-order valence-electron chi connectivity index (χ4n) is 0.643. The zero-order chi connectivity index (χ0) is 6.69. The van der Waals surface area contributed by atoms with E-state index in [1.165, 1.54) is 5.69 Å². The fraction of sp³-hybridized carbons (Fsp3) is 0.400. The Balaban J connectivity index is 2.69. The fourth-order valence-corrected chi connectivity index (χ4v) is 1.03. The van der Waals surface area contributed by atoms with E-state index in [1.807, 2.05) is 17.8 Å². The van der Waals surface area contributed by atoms with E-state index in [1.54, 1.807) is 6.20 Å². The molecule has 0 bridgehead atoms. The van der Waals surface area contributed by atoms with Gasteiger partial charge >= 0.3 is 0 Å². The number of aromatic nitrogens is 2. The molecule has 0 aliphatic rings. The summed E-state index contributed by atoms with van der Waals surface area (Å²) < 4.78 is 4.87. The molecule has 0 aliphatic carbocycles. The topological polar surface area (TPSA) is 29.9 Å². The molecular weight excluding hydrogens is 229 g/mol. The SMILES string of the molecule is Cn1nccc1CNI. The number of aryl methyl sites for hydroxylation is 1. The van der Waals surface area contributed by atoms with E-state index in [0.29, 0.717) is 0 Å². The van der Waals surface area contributed by atoms with Crippen molar-refractivity contribution in [3.8, 4) is 0 Å². The van der Waals surface area contributed by atoms with Crippen LogP contribution < -0.4 is 3.53 Å². The molecule has 3 nitrogen and oxygen atoms in total. The van der Waals surface area contributed by atoms with Gasteiger partial charge in [-0.25, -0.2) is 0 Å². The highest BCUT2D eigenvalue weighted by Crippen LogP contribution is 1.95. The van der Waals surface area contributed by atoms with Crippen molar-refractivity contribution >= 4 is 22.9 Å². The van der Waals surface area contributed by atoms with Crippen molar-refractivity contribution in [1.29, 1.82) is 0 Å². The van der Waals surface area contributed by atoms with Gasteiger partial charge in [0.1, 0.15) is 0 Å². The van der Waals surface area contributed by atoms with Crippen LogP contribution in [0.25, 0.3) is 0 Å². The van der Waals surface area contributed by atoms with E-state index in [-0.39, 0.29) is 0 Å². The smallest absolute Gasteiger partial charge is 0.0526 e. The maximum absolute atomic E-state index is 4.01. The largest absolute Gasteiger partial charge is 0.271 e. The number of hydrogen-bond donors (Lipinski definition) is 1. The second-order valence-corrected chi connectivity index (χ2v) is 2.52. The number of hydrogen-bond acceptors (Lipinski definition) is 2. The summed E-state index contributed by atoms with van der Waals surface area (Å²) in [6.45, 7) is 0.872. The van der Waals surface area contributed by atoms with Crippen molar-refractivity contribution < 1.29 is 0 Å². The average molecular weight is 237 g/mol. The second-order valence-electron chi connectivity index (χ2n) is 1.76. The van der Waals surface area contributed by atoms with Crippen LogP contribution in [0.5, 0.6) is 0 Å². The van der Waals surface area contributed by atoms with E-state index in [9.17, 15) is 0 Å². The van der Waals surface area contributed by atoms with E-state index < -0.39 is 0 Å². The summed E-state index contributed by atoms with van der Waals surface area (Å²) in [5, 5.41) is 4.01. The molecule has 0 amide bonds. The molecule has 1 aromatic heterocycles. The van der Waals surface area contributed by atoms with Gasteiger partial charge in [0.2, 0.25) is 0 Å². The zero-order valence-electron chi connectivity index (χ0n) is 5.13. The third-order valence-electron chi connectivity index (χ3n) is 1.17. The third kappa shape index (κ3) is 1.65. The summed E-state index contributed by atoms with van der Waals surface area (Å²) in [4.78, 5) is 0. The Hall–Kier alpha value is -0.100. The Morgan fingerprint density at radius 3 is 3.11 bits per heavy atom. The van der Waals surface area contributed by atoms with Crippen molar-refractivity contribution in [1.82, 2.24) is 13.3 Å². The van der Waals surface area contributed by atoms with Crippen LogP contribution in [0.1, 0.15) is 5.69 Å². The minimum absolute atomic E-state index is 0.872. The molecule has 0 spiro atoms. The van der Waals surface area contributed by atoms with Crippen molar-refractivity contribution in [2.75, 3.05) is 0 Å². The van der Waals surface area contributed by atoms with E-state index in [2.05, 4.69) is 31.5 Å². The van der Waals surface area contributed by atoms with Gasteiger partial charge in [0, 0.05) is 42.7 Å². The lowest BCUT2D eigenvalue weighted by molar-refractivity contribution is 0.706. The molecule has 0 atom stereocenters. The molecule has 0 unspecified atom stereocenters. The molecule has 1 N–H and O–H groups in total. The molecular formula is C5H8IN3. The second kappa shape index (κ2) is 3.17. The first-order chi connectivity index (χ1) is 4.34. The molecule has 9 heavy (non-hydrogen) atoms. The van der Waals surface area contributed by atoms with E-state index in [0.717, 1.165) is 6.54 Å². The Kier molecular flexibility index (Phi) is 2.47. The average Bonchev–Trinajstić information content (AvgIpc) is 2.18. The summed E-state index contributed by atoms with van der Waals surface area (Å²) in [5.41, 5.74) is 1.20. The molecule has 0 radical (unpaired) electrons. The molecule has 0 fully saturated rings. The molecule has 1 heterocycles. The Labute approximate surface area is 67.9 Å². The summed E-state index contributed by atoms with van der Waals surface area (Å²) >= 11 is 2.11. The lowest BCUT2D eigenvalue weighted by Gasteiger charge is -1.96. The highest BCUT2D eigenvalue weighted by molar-refractivity contribution is 14.1. The van der Waals surface area contributed by atoms with Crippen LogP contribution in [0, 0.1) is 0 Å². The minimum Gasteiger partial charge on any atom is -0.271 e. The summed E-state index contributed by atoms with van der Waals surface area (Å²) in [7, 11) is 1.93. The Bertz CT molecular complexity index is 184. The molecule has 0 saturated heterocycles. The molecule has 1 rings (SSSR count). The van der Waals surface area contributed by atoms with Crippen LogP contribution >= 0.6 is 22.9 Å². The summed E-state index contributed by atoms with van der Waals surface area (Å²) in [6.07, 6.45) is 1.79. The van der Waals surface area contributed by atoms with Crippen LogP contribution in [-0.4, -0.2) is 9.78 Å². The molecule has 0 aliphatic heterocycles. The monoisotopic (exact) mass is 237 g/mol. The Morgan fingerprint density at radius 1 is 1.89 bits per heavy atom. The van der Waals surface area contributed by atoms with E-state index in [4.69, 9.17) is 0 Å². The van der Waals surface area contributed by atoms with Gasteiger partial charge in [-0.2, -0.15) is 5.10 Å². The van der Waals surface area contributed by atoms with Crippen LogP contribution in [0.15, 0.2) is 12.3 Å². The molecule has 50 valence electrons. The first-order valence-corrected chi connectivity index (χ1v) is 3.73. The van der Waals surface area contributed by atoms with Crippen molar-refractivity contribution in [3.63, 3.8) is 0 Å². The van der Waals surface area contributed by atoms with Crippen LogP contribution in [0.2, 0.25) is 0 Å². The minimum atomic E-state index is 0.872. The standard InChI is InChI=1S/C5H8IN3/c1-9-5(4-7-6)2-3-8-9/h2-3,7H,4H2,1H3. The van der Waals surface area contributed by atoms with Crippen LogP contribution in [0.3, 0.4) is 0 Å². The first-order valence-electron chi connectivity index (χ1n) is 2.65. The number of halogens is 1. The molecule has 0 aromatic carbocycles. The van der Waals surface area contributed by atoms with Gasteiger partial charge in [0.25, 0.3) is 0 Å². The van der Waals surface area contributed by atoms with E-state index >= 15 is 0 Å². The maximum Gasteiger partial charge on any atom is 0.0526 e. The number of nitrogens with zero attached hydrogens (tertiary/aromatic N) is 2. The predicted octanol–water partition coefficient (Wildman–Crippen LogP) is 0.860.